The van der Waals surface area contributed by atoms with Crippen LogP contribution in [0.1, 0.15) is 35.1 Å². The molecule has 0 amide bonds. The largest absolute Gasteiger partial charge is 0.493 e. The smallest absolute Gasteiger partial charge is 0.177 e. The first-order valence-electron chi connectivity index (χ1n) is 10.3. The normalized spacial score (nSPS) is 27.5. The minimum Gasteiger partial charge on any atom is -0.493 e. The highest BCUT2D eigenvalue weighted by molar-refractivity contribution is 6.53. The molecule has 1 fully saturated rings. The molecule has 3 aromatic rings. The van der Waals surface area contributed by atoms with Crippen molar-refractivity contribution in [2.45, 2.75) is 29.7 Å². The molecule has 31 heavy (non-hydrogen) atoms. The van der Waals surface area contributed by atoms with E-state index in [2.05, 4.69) is 44.2 Å². The summed E-state index contributed by atoms with van der Waals surface area (Å²) in [5.41, 5.74) is 2.81. The SMILES string of the molecule is COc1ccc([C@]23Oc4ccccc4[C@H](c4ccccc4C)[C@]2(C)C3(Cl)Cl)cc1OC. The summed E-state index contributed by atoms with van der Waals surface area (Å²) in [7, 11) is 3.24. The van der Waals surface area contributed by atoms with Gasteiger partial charge in [0.05, 0.1) is 19.6 Å². The Morgan fingerprint density at radius 2 is 1.48 bits per heavy atom. The van der Waals surface area contributed by atoms with E-state index in [0.717, 1.165) is 16.9 Å². The lowest BCUT2D eigenvalue weighted by Crippen LogP contribution is -2.33. The lowest BCUT2D eigenvalue weighted by molar-refractivity contribution is 0.101. The fourth-order valence-electron chi connectivity index (χ4n) is 5.44. The molecule has 5 rings (SSSR count). The van der Waals surface area contributed by atoms with Crippen molar-refractivity contribution in [3.8, 4) is 17.2 Å². The van der Waals surface area contributed by atoms with E-state index in [1.54, 1.807) is 14.2 Å². The number of hydrogen-bond donors (Lipinski definition) is 0. The number of hydrogen-bond acceptors (Lipinski definition) is 3. The summed E-state index contributed by atoms with van der Waals surface area (Å²) in [5.74, 6) is 2.02. The molecule has 3 aromatic carbocycles. The van der Waals surface area contributed by atoms with Gasteiger partial charge in [-0.1, -0.05) is 78.7 Å². The third-order valence-electron chi connectivity index (χ3n) is 7.12. The second-order valence-electron chi connectivity index (χ2n) is 8.46. The van der Waals surface area contributed by atoms with Gasteiger partial charge in [-0.05, 0) is 36.2 Å². The molecule has 2 aliphatic rings. The first-order chi connectivity index (χ1) is 14.8. The molecule has 1 saturated carbocycles. The lowest BCUT2D eigenvalue weighted by Gasteiger charge is -2.37. The Bertz CT molecular complexity index is 1170. The molecular weight excluding hydrogens is 431 g/mol. The first-order valence-corrected chi connectivity index (χ1v) is 11.0. The van der Waals surface area contributed by atoms with Crippen LogP contribution in [0.4, 0.5) is 0 Å². The van der Waals surface area contributed by atoms with Gasteiger partial charge in [0.1, 0.15) is 5.75 Å². The van der Waals surface area contributed by atoms with Crippen LogP contribution in [-0.2, 0) is 5.60 Å². The summed E-state index contributed by atoms with van der Waals surface area (Å²) in [6.07, 6.45) is 0. The van der Waals surface area contributed by atoms with Crippen molar-refractivity contribution in [1.82, 2.24) is 0 Å². The maximum absolute atomic E-state index is 7.17. The van der Waals surface area contributed by atoms with E-state index in [-0.39, 0.29) is 5.92 Å². The van der Waals surface area contributed by atoms with Gasteiger partial charge in [-0.2, -0.15) is 0 Å². The number of rotatable bonds is 4. The van der Waals surface area contributed by atoms with Crippen LogP contribution in [0.3, 0.4) is 0 Å². The van der Waals surface area contributed by atoms with E-state index in [1.165, 1.54) is 11.1 Å². The fourth-order valence-corrected chi connectivity index (χ4v) is 6.52. The summed E-state index contributed by atoms with van der Waals surface area (Å²) in [6, 6.07) is 22.3. The van der Waals surface area contributed by atoms with Gasteiger partial charge >= 0.3 is 0 Å². The van der Waals surface area contributed by atoms with Gasteiger partial charge in [-0.25, -0.2) is 0 Å². The van der Waals surface area contributed by atoms with E-state index >= 15 is 0 Å². The number of alkyl halides is 2. The highest BCUT2D eigenvalue weighted by Gasteiger charge is 2.91. The molecule has 5 heteroatoms. The molecule has 0 radical (unpaired) electrons. The molecule has 160 valence electrons. The van der Waals surface area contributed by atoms with E-state index < -0.39 is 15.3 Å². The first kappa shape index (κ1) is 20.5. The summed E-state index contributed by atoms with van der Waals surface area (Å²) >= 11 is 14.3. The number of methoxy groups -OCH3 is 2. The molecule has 0 spiro atoms. The lowest BCUT2D eigenvalue weighted by atomic mass is 9.73. The minimum atomic E-state index is -1.16. The minimum absolute atomic E-state index is 0.0400. The molecule has 0 unspecified atom stereocenters. The third kappa shape index (κ3) is 2.42. The zero-order valence-electron chi connectivity index (χ0n) is 17.9. The number of benzene rings is 3. The Labute approximate surface area is 192 Å². The van der Waals surface area contributed by atoms with Crippen molar-refractivity contribution in [2.24, 2.45) is 5.41 Å². The van der Waals surface area contributed by atoms with Gasteiger partial charge in [-0.3, -0.25) is 0 Å². The topological polar surface area (TPSA) is 27.7 Å². The van der Waals surface area contributed by atoms with Gasteiger partial charge < -0.3 is 14.2 Å². The second kappa shape index (κ2) is 6.82. The number of halogens is 2. The molecule has 3 atom stereocenters. The van der Waals surface area contributed by atoms with Gasteiger partial charge in [0.15, 0.2) is 21.4 Å². The third-order valence-corrected chi connectivity index (χ3v) is 8.44. The Balaban J connectivity index is 1.78. The van der Waals surface area contributed by atoms with Gasteiger partial charge in [0.2, 0.25) is 0 Å². The maximum atomic E-state index is 7.17. The van der Waals surface area contributed by atoms with Crippen LogP contribution in [0.5, 0.6) is 17.2 Å². The van der Waals surface area contributed by atoms with Gasteiger partial charge in [-0.15, -0.1) is 0 Å². The Kier molecular flexibility index (Phi) is 4.52. The fraction of sp³-hybridized carbons (Fsp3) is 0.308. The molecule has 0 saturated heterocycles. The predicted molar refractivity (Wildman–Crippen MR) is 124 cm³/mol. The van der Waals surface area contributed by atoms with Crippen LogP contribution >= 0.6 is 23.2 Å². The molecule has 0 aromatic heterocycles. The monoisotopic (exact) mass is 454 g/mol. The molecule has 3 nitrogen and oxygen atoms in total. The molecule has 1 heterocycles. The van der Waals surface area contributed by atoms with Crippen molar-refractivity contribution in [1.29, 1.82) is 0 Å². The number of para-hydroxylation sites is 1. The zero-order chi connectivity index (χ0) is 22.0. The van der Waals surface area contributed by atoms with Crippen LogP contribution in [0.15, 0.2) is 66.7 Å². The highest BCUT2D eigenvalue weighted by atomic mass is 35.5. The summed E-state index contributed by atoms with van der Waals surface area (Å²) in [5, 5.41) is 0. The Morgan fingerprint density at radius 3 is 2.16 bits per heavy atom. The van der Waals surface area contributed by atoms with Crippen LogP contribution in [-0.4, -0.2) is 18.6 Å². The van der Waals surface area contributed by atoms with Crippen LogP contribution < -0.4 is 14.2 Å². The molecular formula is C26H24Cl2O3. The van der Waals surface area contributed by atoms with Crippen molar-refractivity contribution < 1.29 is 14.2 Å². The Morgan fingerprint density at radius 1 is 0.839 bits per heavy atom. The van der Waals surface area contributed by atoms with E-state index in [9.17, 15) is 0 Å². The number of ether oxygens (including phenoxy) is 3. The van der Waals surface area contributed by atoms with Crippen molar-refractivity contribution in [2.75, 3.05) is 14.2 Å². The summed E-state index contributed by atoms with van der Waals surface area (Å²) < 4.78 is 16.5. The zero-order valence-corrected chi connectivity index (χ0v) is 19.4. The molecule has 0 bridgehead atoms. The maximum Gasteiger partial charge on any atom is 0.177 e. The second-order valence-corrected chi connectivity index (χ2v) is 9.78. The van der Waals surface area contributed by atoms with Crippen molar-refractivity contribution in [3.63, 3.8) is 0 Å². The van der Waals surface area contributed by atoms with Crippen LogP contribution in [0.2, 0.25) is 0 Å². The average Bonchev–Trinajstić information content (AvgIpc) is 3.19. The van der Waals surface area contributed by atoms with Gasteiger partial charge in [0.25, 0.3) is 0 Å². The summed E-state index contributed by atoms with van der Waals surface area (Å²) in [6.45, 7) is 4.25. The number of fused-ring (bicyclic) bond motifs is 2. The molecule has 1 aliphatic heterocycles. The highest BCUT2D eigenvalue weighted by Crippen LogP contribution is 2.85. The van der Waals surface area contributed by atoms with E-state index in [4.69, 9.17) is 37.4 Å². The Hall–Kier alpha value is -2.36. The standard InChI is InChI=1S/C26H24Cl2O3/c1-16-9-5-6-10-18(16)23-19-11-7-8-12-20(19)31-25(24(23,2)26(25,27)28)17-13-14-21(29-3)22(15-17)30-4/h5-15,23H,1-4H3/t23-,24-,25-/m0/s1. The predicted octanol–water partition coefficient (Wildman–Crippen LogP) is 6.63. The van der Waals surface area contributed by atoms with E-state index in [1.807, 2.05) is 36.4 Å². The van der Waals surface area contributed by atoms with Crippen LogP contribution in [0, 0.1) is 12.3 Å². The van der Waals surface area contributed by atoms with Crippen molar-refractivity contribution >= 4 is 23.2 Å². The number of aryl methyl sites for hydroxylation is 1. The van der Waals surface area contributed by atoms with E-state index in [0.29, 0.717) is 11.5 Å². The van der Waals surface area contributed by atoms with Crippen LogP contribution in [0.25, 0.3) is 0 Å². The molecule has 0 N–H and O–H groups in total. The van der Waals surface area contributed by atoms with Gasteiger partial charge in [0, 0.05) is 17.0 Å². The quantitative estimate of drug-likeness (QED) is 0.414. The molecule has 1 aliphatic carbocycles. The summed E-state index contributed by atoms with van der Waals surface area (Å²) in [4.78, 5) is 0. The van der Waals surface area contributed by atoms with Crippen molar-refractivity contribution in [3.05, 3.63) is 89.0 Å². The average molecular weight is 455 g/mol.